The van der Waals surface area contributed by atoms with Crippen LogP contribution < -0.4 is 14.8 Å². The van der Waals surface area contributed by atoms with Gasteiger partial charge in [-0.3, -0.25) is 0 Å². The molecule has 0 aliphatic heterocycles. The van der Waals surface area contributed by atoms with E-state index >= 15 is 0 Å². The highest BCUT2D eigenvalue weighted by Gasteiger charge is 2.12. The average molecular weight is 354 g/mol. The Morgan fingerprint density at radius 1 is 1.00 bits per heavy atom. The maximum absolute atomic E-state index is 6.36. The number of ether oxygens (including phenoxy) is 2. The van der Waals surface area contributed by atoms with E-state index < -0.39 is 0 Å². The summed E-state index contributed by atoms with van der Waals surface area (Å²) in [5, 5.41) is 4.54. The third kappa shape index (κ3) is 4.95. The van der Waals surface area contributed by atoms with Gasteiger partial charge in [0, 0.05) is 6.54 Å². The minimum Gasteiger partial charge on any atom is -0.490 e. The topological polar surface area (TPSA) is 30.5 Å². The number of hydrogen-bond donors (Lipinski definition) is 1. The number of nitrogens with one attached hydrogen (secondary N) is 1. The van der Waals surface area contributed by atoms with E-state index in [-0.39, 0.29) is 0 Å². The lowest BCUT2D eigenvalue weighted by molar-refractivity contribution is 0.277. The summed E-state index contributed by atoms with van der Waals surface area (Å²) in [6.45, 7) is 5.75. The Kier molecular flexibility index (Phi) is 6.87. The predicted octanol–water partition coefficient (Wildman–Crippen LogP) is 5.79. The van der Waals surface area contributed by atoms with Gasteiger partial charge < -0.3 is 14.8 Å². The van der Waals surface area contributed by atoms with Gasteiger partial charge in [-0.1, -0.05) is 42.3 Å². The molecular formula is C18H21Cl2NO2. The molecule has 1 N–H and O–H groups in total. The zero-order valence-corrected chi connectivity index (χ0v) is 14.9. The molecule has 5 heteroatoms. The molecule has 124 valence electrons. The number of anilines is 1. The maximum Gasteiger partial charge on any atom is 0.179 e. The quantitative estimate of drug-likeness (QED) is 0.651. The summed E-state index contributed by atoms with van der Waals surface area (Å²) >= 11 is 12.5. The fraction of sp³-hybridized carbons (Fsp3) is 0.333. The van der Waals surface area contributed by atoms with Crippen LogP contribution in [-0.4, -0.2) is 13.2 Å². The number of halogens is 2. The van der Waals surface area contributed by atoms with Crippen molar-refractivity contribution in [1.29, 1.82) is 0 Å². The van der Waals surface area contributed by atoms with Gasteiger partial charge in [-0.05, 0) is 43.2 Å². The smallest absolute Gasteiger partial charge is 0.179 e. The second-order valence-electron chi connectivity index (χ2n) is 5.02. The average Bonchev–Trinajstić information content (AvgIpc) is 2.54. The largest absolute Gasteiger partial charge is 0.490 e. The molecule has 0 radical (unpaired) electrons. The molecule has 0 aliphatic rings. The van der Waals surface area contributed by atoms with Gasteiger partial charge in [0.25, 0.3) is 0 Å². The summed E-state index contributed by atoms with van der Waals surface area (Å²) in [6.07, 6.45) is 0.914. The van der Waals surface area contributed by atoms with E-state index in [2.05, 4.69) is 12.2 Å². The molecule has 23 heavy (non-hydrogen) atoms. The Morgan fingerprint density at radius 3 is 2.48 bits per heavy atom. The maximum atomic E-state index is 6.36. The molecule has 0 atom stereocenters. The highest BCUT2D eigenvalue weighted by Crippen LogP contribution is 2.37. The number of rotatable bonds is 8. The van der Waals surface area contributed by atoms with Crippen molar-refractivity contribution in [2.45, 2.75) is 26.8 Å². The summed E-state index contributed by atoms with van der Waals surface area (Å²) in [6, 6.07) is 11.5. The summed E-state index contributed by atoms with van der Waals surface area (Å²) in [5.74, 6) is 1.28. The first-order valence-corrected chi connectivity index (χ1v) is 8.47. The van der Waals surface area contributed by atoms with Crippen molar-refractivity contribution in [1.82, 2.24) is 0 Å². The Morgan fingerprint density at radius 2 is 1.78 bits per heavy atom. The molecule has 0 amide bonds. The van der Waals surface area contributed by atoms with E-state index in [0.717, 1.165) is 17.7 Å². The van der Waals surface area contributed by atoms with Gasteiger partial charge in [-0.25, -0.2) is 0 Å². The van der Waals surface area contributed by atoms with Crippen LogP contribution in [0.4, 0.5) is 5.69 Å². The Labute approximate surface area is 147 Å². The summed E-state index contributed by atoms with van der Waals surface area (Å²) in [4.78, 5) is 0. The molecule has 3 nitrogen and oxygen atoms in total. The molecule has 0 bridgehead atoms. The second kappa shape index (κ2) is 8.90. The van der Waals surface area contributed by atoms with Gasteiger partial charge in [-0.15, -0.1) is 0 Å². The van der Waals surface area contributed by atoms with Crippen molar-refractivity contribution >= 4 is 28.9 Å². The second-order valence-corrected chi connectivity index (χ2v) is 5.83. The van der Waals surface area contributed by atoms with Crippen LogP contribution >= 0.6 is 23.2 Å². The highest BCUT2D eigenvalue weighted by molar-refractivity contribution is 6.33. The molecule has 0 fully saturated rings. The Hall–Kier alpha value is -1.58. The van der Waals surface area contributed by atoms with Crippen molar-refractivity contribution in [2.75, 3.05) is 18.5 Å². The van der Waals surface area contributed by atoms with Crippen LogP contribution in [0.5, 0.6) is 11.5 Å². The molecule has 0 spiro atoms. The van der Waals surface area contributed by atoms with Crippen molar-refractivity contribution in [3.8, 4) is 11.5 Å². The van der Waals surface area contributed by atoms with Crippen molar-refractivity contribution < 1.29 is 9.47 Å². The molecule has 2 rings (SSSR count). The lowest BCUT2D eigenvalue weighted by atomic mass is 10.2. The van der Waals surface area contributed by atoms with Crippen molar-refractivity contribution in [3.05, 3.63) is 52.0 Å². The fourth-order valence-corrected chi connectivity index (χ4v) is 2.62. The minimum atomic E-state index is 0.556. The van der Waals surface area contributed by atoms with Crippen molar-refractivity contribution in [3.63, 3.8) is 0 Å². The van der Waals surface area contributed by atoms with Gasteiger partial charge in [0.05, 0.1) is 28.9 Å². The van der Waals surface area contributed by atoms with Crippen LogP contribution in [-0.2, 0) is 6.54 Å². The standard InChI is InChI=1S/C18H21Cl2NO2/c1-3-9-23-18-15(20)10-13(11-17(18)22-4-2)12-21-16-8-6-5-7-14(16)19/h5-8,10-11,21H,3-4,9,12H2,1-2H3. The first-order chi connectivity index (χ1) is 11.2. The van der Waals surface area contributed by atoms with Crippen LogP contribution in [0.1, 0.15) is 25.8 Å². The zero-order valence-electron chi connectivity index (χ0n) is 13.4. The molecule has 0 saturated carbocycles. The van der Waals surface area contributed by atoms with E-state index in [1.54, 1.807) is 0 Å². The van der Waals surface area contributed by atoms with E-state index in [9.17, 15) is 0 Å². The van der Waals surface area contributed by atoms with Gasteiger partial charge in [0.1, 0.15) is 0 Å². The van der Waals surface area contributed by atoms with E-state index in [1.807, 2.05) is 43.3 Å². The predicted molar refractivity (Wildman–Crippen MR) is 97.2 cm³/mol. The fourth-order valence-electron chi connectivity index (χ4n) is 2.13. The van der Waals surface area contributed by atoms with Gasteiger partial charge in [0.15, 0.2) is 11.5 Å². The monoisotopic (exact) mass is 353 g/mol. The molecule has 0 aromatic heterocycles. The van der Waals surface area contributed by atoms with Crippen LogP contribution in [0, 0.1) is 0 Å². The number of benzene rings is 2. The molecule has 0 unspecified atom stereocenters. The van der Waals surface area contributed by atoms with Crippen LogP contribution in [0.2, 0.25) is 10.0 Å². The lowest BCUT2D eigenvalue weighted by Crippen LogP contribution is -2.04. The molecule has 2 aromatic rings. The Bertz CT molecular complexity index is 647. The third-order valence-electron chi connectivity index (χ3n) is 3.18. The molecule has 0 heterocycles. The van der Waals surface area contributed by atoms with Gasteiger partial charge in [-0.2, -0.15) is 0 Å². The summed E-state index contributed by atoms with van der Waals surface area (Å²) < 4.78 is 11.4. The van der Waals surface area contributed by atoms with Crippen LogP contribution in [0.3, 0.4) is 0 Å². The van der Waals surface area contributed by atoms with Crippen LogP contribution in [0.25, 0.3) is 0 Å². The van der Waals surface area contributed by atoms with Gasteiger partial charge >= 0.3 is 0 Å². The first-order valence-electron chi connectivity index (χ1n) is 7.72. The summed E-state index contributed by atoms with van der Waals surface area (Å²) in [5.41, 5.74) is 1.89. The minimum absolute atomic E-state index is 0.556. The normalized spacial score (nSPS) is 10.4. The van der Waals surface area contributed by atoms with E-state index in [4.69, 9.17) is 32.7 Å². The lowest BCUT2D eigenvalue weighted by Gasteiger charge is -2.15. The van der Waals surface area contributed by atoms with Gasteiger partial charge in [0.2, 0.25) is 0 Å². The number of hydrogen-bond acceptors (Lipinski definition) is 3. The third-order valence-corrected chi connectivity index (χ3v) is 3.79. The van der Waals surface area contributed by atoms with Crippen LogP contribution in [0.15, 0.2) is 36.4 Å². The molecule has 2 aromatic carbocycles. The first kappa shape index (κ1) is 17.8. The SMILES string of the molecule is CCCOc1c(Cl)cc(CNc2ccccc2Cl)cc1OCC. The Balaban J connectivity index is 2.17. The van der Waals surface area contributed by atoms with E-state index in [0.29, 0.717) is 41.3 Å². The zero-order chi connectivity index (χ0) is 16.7. The summed E-state index contributed by atoms with van der Waals surface area (Å²) in [7, 11) is 0. The molecule has 0 saturated heterocycles. The molecular weight excluding hydrogens is 333 g/mol. The highest BCUT2D eigenvalue weighted by atomic mass is 35.5. The molecule has 0 aliphatic carbocycles. The van der Waals surface area contributed by atoms with Crippen molar-refractivity contribution in [2.24, 2.45) is 0 Å². The van der Waals surface area contributed by atoms with E-state index in [1.165, 1.54) is 0 Å². The number of para-hydroxylation sites is 1.